The Morgan fingerprint density at radius 2 is 1.93 bits per heavy atom. The van der Waals surface area contributed by atoms with Crippen molar-refractivity contribution < 1.29 is 14.6 Å². The Bertz CT molecular complexity index is 800. The van der Waals surface area contributed by atoms with Gasteiger partial charge in [0.1, 0.15) is 18.1 Å². The summed E-state index contributed by atoms with van der Waals surface area (Å²) < 4.78 is 11.4. The molecule has 0 spiro atoms. The van der Waals surface area contributed by atoms with E-state index < -0.39 is 6.10 Å². The topological polar surface area (TPSA) is 41.9 Å². The third-order valence-corrected chi connectivity index (χ3v) is 5.58. The number of aliphatic hydroxyl groups is 1. The number of benzene rings is 2. The van der Waals surface area contributed by atoms with E-state index >= 15 is 0 Å². The summed E-state index contributed by atoms with van der Waals surface area (Å²) in [6, 6.07) is 10.3. The van der Waals surface area contributed by atoms with E-state index in [1.807, 2.05) is 26.0 Å². The summed E-state index contributed by atoms with van der Waals surface area (Å²) in [5.74, 6) is 2.06. The minimum absolute atomic E-state index is 0.191. The molecule has 27 heavy (non-hydrogen) atoms. The van der Waals surface area contributed by atoms with E-state index in [2.05, 4.69) is 36.9 Å². The molecule has 0 bridgehead atoms. The lowest BCUT2D eigenvalue weighted by Crippen LogP contribution is -2.25. The van der Waals surface area contributed by atoms with Gasteiger partial charge in [0, 0.05) is 25.2 Å². The van der Waals surface area contributed by atoms with Gasteiger partial charge < -0.3 is 14.6 Å². The van der Waals surface area contributed by atoms with Crippen LogP contribution in [0.2, 0.25) is 0 Å². The molecule has 0 saturated heterocycles. The summed E-state index contributed by atoms with van der Waals surface area (Å²) in [6.07, 6.45) is -0.446. The summed E-state index contributed by atoms with van der Waals surface area (Å²) >= 11 is 0. The summed E-state index contributed by atoms with van der Waals surface area (Å²) in [4.78, 5) is 2.41. The fourth-order valence-electron chi connectivity index (χ4n) is 3.66. The Labute approximate surface area is 162 Å². The van der Waals surface area contributed by atoms with Crippen molar-refractivity contribution in [1.82, 2.24) is 4.90 Å². The Hall–Kier alpha value is -2.04. The number of aliphatic hydroxyl groups excluding tert-OH is 1. The van der Waals surface area contributed by atoms with Crippen LogP contribution in [0.25, 0.3) is 0 Å². The van der Waals surface area contributed by atoms with Gasteiger partial charge in [-0.25, -0.2) is 0 Å². The highest BCUT2D eigenvalue weighted by molar-refractivity contribution is 5.44. The normalized spacial score (nSPS) is 15.8. The number of ether oxygens (including phenoxy) is 2. The molecule has 3 rings (SSSR count). The Balaban J connectivity index is 1.82. The van der Waals surface area contributed by atoms with Crippen molar-refractivity contribution in [3.63, 3.8) is 0 Å². The maximum Gasteiger partial charge on any atom is 0.123 e. The number of methoxy groups -OCH3 is 1. The third-order valence-electron chi connectivity index (χ3n) is 5.58. The first kappa shape index (κ1) is 19.7. The summed E-state index contributed by atoms with van der Waals surface area (Å²) in [6.45, 7) is 11.6. The molecule has 1 N–H and O–H groups in total. The van der Waals surface area contributed by atoms with Crippen molar-refractivity contribution in [2.24, 2.45) is 5.92 Å². The molecule has 1 aliphatic heterocycles. The van der Waals surface area contributed by atoms with E-state index in [0.29, 0.717) is 6.61 Å². The summed E-state index contributed by atoms with van der Waals surface area (Å²) in [5, 5.41) is 10.4. The van der Waals surface area contributed by atoms with Gasteiger partial charge in [-0.2, -0.15) is 0 Å². The second-order valence-corrected chi connectivity index (χ2v) is 7.79. The summed E-state index contributed by atoms with van der Waals surface area (Å²) in [5.41, 5.74) is 5.90. The van der Waals surface area contributed by atoms with Gasteiger partial charge in [0.25, 0.3) is 0 Å². The molecule has 2 aromatic carbocycles. The number of hydrogen-bond acceptors (Lipinski definition) is 4. The third kappa shape index (κ3) is 4.28. The Morgan fingerprint density at radius 3 is 2.63 bits per heavy atom. The quantitative estimate of drug-likeness (QED) is 0.848. The molecule has 1 atom stereocenters. The van der Waals surface area contributed by atoms with Gasteiger partial charge in [0.05, 0.1) is 13.2 Å². The molecular formula is C23H31NO3. The zero-order chi connectivity index (χ0) is 19.6. The van der Waals surface area contributed by atoms with Crippen LogP contribution >= 0.6 is 0 Å². The maximum absolute atomic E-state index is 10.4. The van der Waals surface area contributed by atoms with Gasteiger partial charge in [-0.1, -0.05) is 26.0 Å². The van der Waals surface area contributed by atoms with E-state index in [4.69, 9.17) is 9.47 Å². The van der Waals surface area contributed by atoms with Crippen molar-refractivity contribution in [3.8, 4) is 11.5 Å². The second kappa shape index (κ2) is 8.32. The smallest absolute Gasteiger partial charge is 0.123 e. The summed E-state index contributed by atoms with van der Waals surface area (Å²) in [7, 11) is 1.72. The van der Waals surface area contributed by atoms with Crippen LogP contribution < -0.4 is 9.47 Å². The average Bonchev–Trinajstić information content (AvgIpc) is 2.86. The zero-order valence-corrected chi connectivity index (χ0v) is 17.1. The molecule has 146 valence electrons. The lowest BCUT2D eigenvalue weighted by Gasteiger charge is -2.22. The zero-order valence-electron chi connectivity index (χ0n) is 17.1. The molecule has 2 aromatic rings. The number of nitrogens with zero attached hydrogens (tertiary/aromatic N) is 1. The number of hydrogen-bond donors (Lipinski definition) is 1. The largest absolute Gasteiger partial charge is 0.496 e. The van der Waals surface area contributed by atoms with Gasteiger partial charge in [-0.3, -0.25) is 4.90 Å². The molecule has 0 radical (unpaired) electrons. The van der Waals surface area contributed by atoms with E-state index in [1.165, 1.54) is 16.7 Å². The van der Waals surface area contributed by atoms with Gasteiger partial charge in [0.2, 0.25) is 0 Å². The molecular weight excluding hydrogens is 338 g/mol. The highest BCUT2D eigenvalue weighted by Gasteiger charge is 2.20. The van der Waals surface area contributed by atoms with Crippen molar-refractivity contribution >= 4 is 0 Å². The Kier molecular flexibility index (Phi) is 6.08. The molecule has 0 aromatic heterocycles. The second-order valence-electron chi connectivity index (χ2n) is 7.79. The SMILES string of the molecule is COc1ccc(CN2CCOc3ccc(C(O)C(C)C)cc3C2)c(C)c1C. The molecule has 1 unspecified atom stereocenters. The van der Waals surface area contributed by atoms with Crippen molar-refractivity contribution in [2.75, 3.05) is 20.3 Å². The monoisotopic (exact) mass is 369 g/mol. The number of fused-ring (bicyclic) bond motifs is 1. The first-order valence-electron chi connectivity index (χ1n) is 9.69. The molecule has 1 aliphatic rings. The van der Waals surface area contributed by atoms with E-state index in [0.717, 1.165) is 42.3 Å². The van der Waals surface area contributed by atoms with Crippen LogP contribution in [0, 0.1) is 19.8 Å². The van der Waals surface area contributed by atoms with E-state index in [1.54, 1.807) is 7.11 Å². The highest BCUT2D eigenvalue weighted by Crippen LogP contribution is 2.31. The van der Waals surface area contributed by atoms with Crippen LogP contribution in [0.4, 0.5) is 0 Å². The van der Waals surface area contributed by atoms with Gasteiger partial charge in [0.15, 0.2) is 0 Å². The van der Waals surface area contributed by atoms with Gasteiger partial charge in [-0.15, -0.1) is 0 Å². The lowest BCUT2D eigenvalue weighted by atomic mass is 9.97. The van der Waals surface area contributed by atoms with Crippen molar-refractivity contribution in [1.29, 1.82) is 0 Å². The predicted molar refractivity (Wildman–Crippen MR) is 108 cm³/mol. The fourth-order valence-corrected chi connectivity index (χ4v) is 3.66. The first-order valence-corrected chi connectivity index (χ1v) is 9.69. The fraction of sp³-hybridized carbons (Fsp3) is 0.478. The van der Waals surface area contributed by atoms with Gasteiger partial charge >= 0.3 is 0 Å². The number of rotatable bonds is 5. The van der Waals surface area contributed by atoms with E-state index in [9.17, 15) is 5.11 Å². The maximum atomic E-state index is 10.4. The van der Waals surface area contributed by atoms with Crippen LogP contribution in [-0.4, -0.2) is 30.3 Å². The minimum atomic E-state index is -0.446. The molecule has 0 amide bonds. The molecule has 4 heteroatoms. The van der Waals surface area contributed by atoms with Crippen LogP contribution in [-0.2, 0) is 13.1 Å². The molecule has 0 fully saturated rings. The molecule has 0 aliphatic carbocycles. The van der Waals surface area contributed by atoms with Crippen LogP contribution in [0.1, 0.15) is 47.8 Å². The standard InChI is InChI=1S/C23H31NO3/c1-15(2)23(25)18-6-9-22-20(12-18)14-24(10-11-27-22)13-19-7-8-21(26-5)17(4)16(19)3/h6-9,12,15,23,25H,10-11,13-14H2,1-5H3. The highest BCUT2D eigenvalue weighted by atomic mass is 16.5. The van der Waals surface area contributed by atoms with Crippen LogP contribution in [0.15, 0.2) is 30.3 Å². The molecule has 0 saturated carbocycles. The lowest BCUT2D eigenvalue weighted by molar-refractivity contribution is 0.126. The Morgan fingerprint density at radius 1 is 1.15 bits per heavy atom. The first-order chi connectivity index (χ1) is 12.9. The average molecular weight is 370 g/mol. The van der Waals surface area contributed by atoms with Crippen LogP contribution in [0.3, 0.4) is 0 Å². The minimum Gasteiger partial charge on any atom is -0.496 e. The van der Waals surface area contributed by atoms with Crippen molar-refractivity contribution in [3.05, 3.63) is 58.1 Å². The predicted octanol–water partition coefficient (Wildman–Crippen LogP) is 4.40. The molecule has 1 heterocycles. The van der Waals surface area contributed by atoms with Crippen LogP contribution in [0.5, 0.6) is 11.5 Å². The van der Waals surface area contributed by atoms with E-state index in [-0.39, 0.29) is 5.92 Å². The molecule has 4 nitrogen and oxygen atoms in total. The van der Waals surface area contributed by atoms with Crippen molar-refractivity contribution in [2.45, 2.75) is 46.9 Å². The van der Waals surface area contributed by atoms with Gasteiger partial charge in [-0.05, 0) is 60.2 Å².